The van der Waals surface area contributed by atoms with Crippen molar-refractivity contribution in [2.45, 2.75) is 64.6 Å². The summed E-state index contributed by atoms with van der Waals surface area (Å²) in [5, 5.41) is 7.28. The van der Waals surface area contributed by atoms with Crippen molar-refractivity contribution in [2.75, 3.05) is 13.7 Å². The molecule has 1 aromatic rings. The predicted octanol–water partition coefficient (Wildman–Crippen LogP) is 1.70. The Bertz CT molecular complexity index is 682. The van der Waals surface area contributed by atoms with E-state index >= 15 is 0 Å². The van der Waals surface area contributed by atoms with Crippen molar-refractivity contribution in [3.8, 4) is 0 Å². The highest BCUT2D eigenvalue weighted by Gasteiger charge is 2.67. The van der Waals surface area contributed by atoms with Gasteiger partial charge in [-0.15, -0.1) is 0 Å². The van der Waals surface area contributed by atoms with E-state index < -0.39 is 16.9 Å². The first-order valence-corrected chi connectivity index (χ1v) is 8.94. The molecule has 1 aliphatic carbocycles. The minimum Gasteiger partial charge on any atom is -0.467 e. The molecule has 0 unspecified atom stereocenters. The third-order valence-electron chi connectivity index (χ3n) is 5.85. The Balaban J connectivity index is 1.86. The zero-order valence-electron chi connectivity index (χ0n) is 15.4. The summed E-state index contributed by atoms with van der Waals surface area (Å²) in [7, 11) is 1.35. The maximum absolute atomic E-state index is 12.9. The van der Waals surface area contributed by atoms with E-state index in [1.165, 1.54) is 7.11 Å². The number of methoxy groups -OCH3 is 1. The van der Waals surface area contributed by atoms with Crippen LogP contribution in [-0.2, 0) is 27.2 Å². The number of carbonyl (C=O) groups excluding carboxylic acids is 2. The molecule has 0 bridgehead atoms. The number of hydrogen-bond acceptors (Lipinski definition) is 5. The molecule has 138 valence electrons. The molecule has 3 rings (SSSR count). The first-order chi connectivity index (χ1) is 11.9. The van der Waals surface area contributed by atoms with Crippen LogP contribution in [0.2, 0.25) is 0 Å². The van der Waals surface area contributed by atoms with Gasteiger partial charge in [0.2, 0.25) is 0 Å². The Morgan fingerprint density at radius 3 is 2.80 bits per heavy atom. The number of nitrogens with zero attached hydrogens (tertiary/aromatic N) is 2. The maximum Gasteiger partial charge on any atom is 0.332 e. The lowest BCUT2D eigenvalue weighted by atomic mass is 9.54. The van der Waals surface area contributed by atoms with Gasteiger partial charge in [0.15, 0.2) is 0 Å². The molecular formula is C18H27N3O4. The second-order valence-electron chi connectivity index (χ2n) is 7.41. The summed E-state index contributed by atoms with van der Waals surface area (Å²) in [6.45, 7) is 7.19. The number of carbonyl (C=O) groups is 2. The van der Waals surface area contributed by atoms with Crippen LogP contribution >= 0.6 is 0 Å². The zero-order chi connectivity index (χ0) is 18.2. The van der Waals surface area contributed by atoms with Gasteiger partial charge in [0.05, 0.1) is 30.7 Å². The fourth-order valence-corrected chi connectivity index (χ4v) is 4.06. The molecule has 1 fully saturated rings. The first-order valence-electron chi connectivity index (χ1n) is 8.94. The second-order valence-corrected chi connectivity index (χ2v) is 7.41. The van der Waals surface area contributed by atoms with Gasteiger partial charge in [-0.2, -0.15) is 5.10 Å². The van der Waals surface area contributed by atoms with Crippen molar-refractivity contribution >= 4 is 11.9 Å². The Hall–Kier alpha value is -1.89. The summed E-state index contributed by atoms with van der Waals surface area (Å²) < 4.78 is 12.6. The number of rotatable bonds is 5. The van der Waals surface area contributed by atoms with E-state index in [0.29, 0.717) is 18.6 Å². The molecule has 0 spiro atoms. The quantitative estimate of drug-likeness (QED) is 0.818. The molecule has 25 heavy (non-hydrogen) atoms. The summed E-state index contributed by atoms with van der Waals surface area (Å²) in [4.78, 5) is 25.5. The van der Waals surface area contributed by atoms with E-state index in [-0.39, 0.29) is 12.0 Å². The fourth-order valence-electron chi connectivity index (χ4n) is 4.06. The van der Waals surface area contributed by atoms with E-state index in [1.807, 2.05) is 25.5 Å². The fraction of sp³-hybridized carbons (Fsp3) is 0.722. The van der Waals surface area contributed by atoms with Crippen LogP contribution in [0.15, 0.2) is 6.20 Å². The van der Waals surface area contributed by atoms with E-state index in [4.69, 9.17) is 9.47 Å². The monoisotopic (exact) mass is 349 g/mol. The van der Waals surface area contributed by atoms with Gasteiger partial charge < -0.3 is 14.8 Å². The van der Waals surface area contributed by atoms with Gasteiger partial charge in [-0.1, -0.05) is 13.8 Å². The van der Waals surface area contributed by atoms with Gasteiger partial charge in [0, 0.05) is 25.0 Å². The molecule has 0 radical (unpaired) electrons. The molecule has 1 amide bonds. The highest BCUT2D eigenvalue weighted by atomic mass is 16.5. The third-order valence-corrected chi connectivity index (χ3v) is 5.85. The highest BCUT2D eigenvalue weighted by molar-refractivity contribution is 5.99. The number of nitrogens with one attached hydrogen (secondary N) is 1. The number of ether oxygens (including phenoxy) is 2. The van der Waals surface area contributed by atoms with E-state index in [2.05, 4.69) is 10.4 Å². The van der Waals surface area contributed by atoms with E-state index in [0.717, 1.165) is 31.5 Å². The van der Waals surface area contributed by atoms with Gasteiger partial charge in [-0.25, -0.2) is 4.79 Å². The Labute approximate surface area is 148 Å². The molecule has 0 aromatic carbocycles. The molecule has 1 aliphatic heterocycles. The standard InChI is InChI=1S/C18H27N3O4/c1-5-25-14-10-18(16(23)24-4,17(14,2)3)20-15(22)12-11-19-21-9-7-6-8-13(12)21/h11,14H,5-10H2,1-4H3,(H,20,22)/t14-,18-/m0/s1. The normalized spacial score (nSPS) is 27.1. The van der Waals surface area contributed by atoms with Crippen LogP contribution in [0.4, 0.5) is 0 Å². The average molecular weight is 349 g/mol. The largest absolute Gasteiger partial charge is 0.467 e. The number of esters is 1. The van der Waals surface area contributed by atoms with Crippen molar-refractivity contribution in [3.63, 3.8) is 0 Å². The van der Waals surface area contributed by atoms with Gasteiger partial charge in [0.1, 0.15) is 5.54 Å². The van der Waals surface area contributed by atoms with Gasteiger partial charge in [0.25, 0.3) is 5.91 Å². The summed E-state index contributed by atoms with van der Waals surface area (Å²) in [5.41, 5.74) is -0.137. The minimum absolute atomic E-state index is 0.0991. The molecule has 7 nitrogen and oxygen atoms in total. The molecule has 1 N–H and O–H groups in total. The van der Waals surface area contributed by atoms with Crippen LogP contribution in [0.3, 0.4) is 0 Å². The average Bonchev–Trinajstić information content (AvgIpc) is 3.04. The first kappa shape index (κ1) is 17.9. The highest BCUT2D eigenvalue weighted by Crippen LogP contribution is 2.52. The number of fused-ring (bicyclic) bond motifs is 1. The molecule has 1 saturated carbocycles. The van der Waals surface area contributed by atoms with Crippen molar-refractivity contribution in [1.82, 2.24) is 15.1 Å². The van der Waals surface area contributed by atoms with Crippen molar-refractivity contribution in [3.05, 3.63) is 17.5 Å². The van der Waals surface area contributed by atoms with Crippen LogP contribution in [0.1, 0.15) is 56.1 Å². The van der Waals surface area contributed by atoms with Crippen LogP contribution in [0.25, 0.3) is 0 Å². The number of hydrogen-bond donors (Lipinski definition) is 1. The smallest absolute Gasteiger partial charge is 0.332 e. The summed E-state index contributed by atoms with van der Waals surface area (Å²) >= 11 is 0. The second kappa shape index (κ2) is 6.44. The summed E-state index contributed by atoms with van der Waals surface area (Å²) in [5.74, 6) is -0.695. The number of aromatic nitrogens is 2. The van der Waals surface area contributed by atoms with Gasteiger partial charge in [-0.3, -0.25) is 9.48 Å². The van der Waals surface area contributed by atoms with E-state index in [1.54, 1.807) is 6.20 Å². The Kier molecular flexibility index (Phi) is 4.62. The predicted molar refractivity (Wildman–Crippen MR) is 91.2 cm³/mol. The maximum atomic E-state index is 12.9. The molecule has 2 heterocycles. The Morgan fingerprint density at radius 2 is 2.16 bits per heavy atom. The van der Waals surface area contributed by atoms with Crippen LogP contribution in [-0.4, -0.2) is 47.0 Å². The molecule has 0 saturated heterocycles. The molecular weight excluding hydrogens is 322 g/mol. The molecule has 2 aliphatic rings. The van der Waals surface area contributed by atoms with Gasteiger partial charge in [-0.05, 0) is 26.2 Å². The molecule has 7 heteroatoms. The lowest BCUT2D eigenvalue weighted by Gasteiger charge is -2.58. The Morgan fingerprint density at radius 1 is 1.40 bits per heavy atom. The number of amides is 1. The third kappa shape index (κ3) is 2.65. The van der Waals surface area contributed by atoms with Crippen molar-refractivity contribution in [1.29, 1.82) is 0 Å². The lowest BCUT2D eigenvalue weighted by molar-refractivity contribution is -0.193. The zero-order valence-corrected chi connectivity index (χ0v) is 15.4. The van der Waals surface area contributed by atoms with Crippen molar-refractivity contribution in [2.24, 2.45) is 5.41 Å². The van der Waals surface area contributed by atoms with Crippen LogP contribution in [0.5, 0.6) is 0 Å². The molecule has 1 aromatic heterocycles. The van der Waals surface area contributed by atoms with Crippen molar-refractivity contribution < 1.29 is 19.1 Å². The van der Waals surface area contributed by atoms with E-state index in [9.17, 15) is 9.59 Å². The molecule has 2 atom stereocenters. The van der Waals surface area contributed by atoms with Gasteiger partial charge >= 0.3 is 5.97 Å². The minimum atomic E-state index is -1.08. The summed E-state index contributed by atoms with van der Waals surface area (Å²) in [6.07, 6.45) is 4.87. The van der Waals surface area contributed by atoms with Crippen LogP contribution in [0, 0.1) is 5.41 Å². The van der Waals surface area contributed by atoms with Crippen LogP contribution < -0.4 is 5.32 Å². The lowest BCUT2D eigenvalue weighted by Crippen LogP contribution is -2.76. The summed E-state index contributed by atoms with van der Waals surface area (Å²) in [6, 6.07) is 0. The number of aryl methyl sites for hydroxylation is 1. The topological polar surface area (TPSA) is 82.5 Å². The SMILES string of the molecule is CCO[C@H]1C[C@](NC(=O)c2cnn3c2CCCC3)(C(=O)OC)C1(C)C.